The van der Waals surface area contributed by atoms with Gasteiger partial charge in [0.15, 0.2) is 0 Å². The van der Waals surface area contributed by atoms with Gasteiger partial charge in [0.2, 0.25) is 0 Å². The molecule has 2 nitrogen and oxygen atoms in total. The Morgan fingerprint density at radius 1 is 1.22 bits per heavy atom. The summed E-state index contributed by atoms with van der Waals surface area (Å²) in [5.41, 5.74) is 1.39. The van der Waals surface area contributed by atoms with Crippen molar-refractivity contribution in [2.75, 3.05) is 13.7 Å². The Balaban J connectivity index is 1.87. The first kappa shape index (κ1) is 13.1. The molecule has 2 rings (SSSR count). The molecule has 1 heterocycles. The zero-order valence-corrected chi connectivity index (χ0v) is 11.7. The summed E-state index contributed by atoms with van der Waals surface area (Å²) in [6.07, 6.45) is 0.975. The van der Waals surface area contributed by atoms with Crippen LogP contribution in [0.3, 0.4) is 0 Å². The molecule has 0 fully saturated rings. The fraction of sp³-hybridized carbons (Fsp3) is 0.333. The molecule has 96 valence electrons. The highest BCUT2D eigenvalue weighted by Gasteiger charge is 2.12. The number of thiophene rings is 1. The van der Waals surface area contributed by atoms with E-state index in [1.54, 1.807) is 11.3 Å². The van der Waals surface area contributed by atoms with Crippen LogP contribution in [0, 0.1) is 6.92 Å². The van der Waals surface area contributed by atoms with Crippen LogP contribution in [0.15, 0.2) is 41.8 Å². The summed E-state index contributed by atoms with van der Waals surface area (Å²) in [6.45, 7) is 2.90. The van der Waals surface area contributed by atoms with Crippen molar-refractivity contribution in [1.29, 1.82) is 0 Å². The molecule has 0 saturated heterocycles. The van der Waals surface area contributed by atoms with Crippen molar-refractivity contribution in [3.8, 4) is 5.75 Å². The molecule has 1 atom stereocenters. The van der Waals surface area contributed by atoms with Gasteiger partial charge in [-0.3, -0.25) is 0 Å². The molecule has 1 N–H and O–H groups in total. The second kappa shape index (κ2) is 6.57. The van der Waals surface area contributed by atoms with Gasteiger partial charge in [0.05, 0.1) is 6.61 Å². The highest BCUT2D eigenvalue weighted by atomic mass is 32.1. The van der Waals surface area contributed by atoms with Crippen LogP contribution >= 0.6 is 11.3 Å². The third-order valence-electron chi connectivity index (χ3n) is 3.04. The van der Waals surface area contributed by atoms with Crippen LogP contribution in [0.2, 0.25) is 0 Å². The van der Waals surface area contributed by atoms with E-state index in [0.29, 0.717) is 6.04 Å². The van der Waals surface area contributed by atoms with Crippen molar-refractivity contribution in [2.45, 2.75) is 19.4 Å². The molecule has 3 heteroatoms. The lowest BCUT2D eigenvalue weighted by molar-refractivity contribution is 0.290. The molecule has 0 radical (unpaired) electrons. The summed E-state index contributed by atoms with van der Waals surface area (Å²) in [6, 6.07) is 12.5. The molecule has 0 spiro atoms. The van der Waals surface area contributed by atoms with Gasteiger partial charge in [-0.2, -0.15) is 0 Å². The van der Waals surface area contributed by atoms with Crippen LogP contribution in [0.25, 0.3) is 0 Å². The van der Waals surface area contributed by atoms with E-state index in [0.717, 1.165) is 18.8 Å². The van der Waals surface area contributed by atoms with E-state index in [-0.39, 0.29) is 0 Å². The topological polar surface area (TPSA) is 21.3 Å². The average molecular weight is 261 g/mol. The van der Waals surface area contributed by atoms with E-state index in [9.17, 15) is 0 Å². The maximum atomic E-state index is 5.74. The molecule has 0 saturated carbocycles. The lowest BCUT2D eigenvalue weighted by atomic mass is 10.1. The Morgan fingerprint density at radius 2 is 2.00 bits per heavy atom. The third-order valence-corrected chi connectivity index (χ3v) is 3.90. The molecular formula is C15H19NOS. The Labute approximate surface area is 113 Å². The number of rotatable bonds is 6. The van der Waals surface area contributed by atoms with Crippen molar-refractivity contribution < 1.29 is 4.74 Å². The van der Waals surface area contributed by atoms with Gasteiger partial charge in [-0.15, -0.1) is 11.3 Å². The number of aryl methyl sites for hydroxylation is 1. The van der Waals surface area contributed by atoms with Crippen LogP contribution in [0.5, 0.6) is 5.75 Å². The zero-order chi connectivity index (χ0) is 12.8. The fourth-order valence-corrected chi connectivity index (χ4v) is 2.79. The lowest BCUT2D eigenvalue weighted by Gasteiger charge is -2.16. The van der Waals surface area contributed by atoms with E-state index in [1.807, 2.05) is 37.4 Å². The summed E-state index contributed by atoms with van der Waals surface area (Å²) >= 11 is 1.80. The molecule has 18 heavy (non-hydrogen) atoms. The summed E-state index contributed by atoms with van der Waals surface area (Å²) in [7, 11) is 2.00. The number of para-hydroxylation sites is 1. The van der Waals surface area contributed by atoms with Crippen molar-refractivity contribution >= 4 is 11.3 Å². The van der Waals surface area contributed by atoms with Crippen LogP contribution in [0.4, 0.5) is 0 Å². The van der Waals surface area contributed by atoms with Crippen LogP contribution < -0.4 is 10.1 Å². The Morgan fingerprint density at radius 3 is 2.61 bits per heavy atom. The second-order valence-electron chi connectivity index (χ2n) is 4.22. The van der Waals surface area contributed by atoms with E-state index in [2.05, 4.69) is 23.7 Å². The molecule has 1 aromatic heterocycles. The van der Waals surface area contributed by atoms with E-state index in [4.69, 9.17) is 4.74 Å². The first-order chi connectivity index (χ1) is 8.81. The van der Waals surface area contributed by atoms with Gasteiger partial charge >= 0.3 is 0 Å². The van der Waals surface area contributed by atoms with Gasteiger partial charge in [-0.1, -0.05) is 18.2 Å². The summed E-state index contributed by atoms with van der Waals surface area (Å²) in [5.74, 6) is 0.939. The van der Waals surface area contributed by atoms with Gasteiger partial charge in [-0.05, 0) is 43.1 Å². The van der Waals surface area contributed by atoms with Gasteiger partial charge in [0.1, 0.15) is 5.75 Å². The minimum Gasteiger partial charge on any atom is -0.494 e. The van der Waals surface area contributed by atoms with Gasteiger partial charge < -0.3 is 10.1 Å². The van der Waals surface area contributed by atoms with E-state index >= 15 is 0 Å². The van der Waals surface area contributed by atoms with Gasteiger partial charge in [0, 0.05) is 17.3 Å². The van der Waals surface area contributed by atoms with Crippen LogP contribution in [0.1, 0.15) is 22.9 Å². The zero-order valence-electron chi connectivity index (χ0n) is 10.8. The number of nitrogens with one attached hydrogen (secondary N) is 1. The van der Waals surface area contributed by atoms with E-state index < -0.39 is 0 Å². The standard InChI is InChI=1S/C15H19NOS/c1-12-14(9-11-18-12)15(16-2)8-10-17-13-6-4-3-5-7-13/h3-7,9,11,15-16H,8,10H2,1-2H3. The molecule has 1 aromatic carbocycles. The molecule has 0 bridgehead atoms. The largest absolute Gasteiger partial charge is 0.494 e. The maximum Gasteiger partial charge on any atom is 0.119 e. The first-order valence-electron chi connectivity index (χ1n) is 6.20. The normalized spacial score (nSPS) is 12.3. The number of hydrogen-bond acceptors (Lipinski definition) is 3. The monoisotopic (exact) mass is 261 g/mol. The average Bonchev–Trinajstić information content (AvgIpc) is 2.82. The van der Waals surface area contributed by atoms with Crippen molar-refractivity contribution in [2.24, 2.45) is 0 Å². The first-order valence-corrected chi connectivity index (χ1v) is 7.08. The summed E-state index contributed by atoms with van der Waals surface area (Å²) in [5, 5.41) is 5.50. The Kier molecular flexibility index (Phi) is 4.79. The minimum atomic E-state index is 0.375. The second-order valence-corrected chi connectivity index (χ2v) is 5.34. The number of benzene rings is 1. The quantitative estimate of drug-likeness (QED) is 0.854. The smallest absolute Gasteiger partial charge is 0.119 e. The third kappa shape index (κ3) is 3.34. The predicted molar refractivity (Wildman–Crippen MR) is 77.4 cm³/mol. The fourth-order valence-electron chi connectivity index (χ4n) is 2.02. The molecule has 0 aliphatic rings. The Hall–Kier alpha value is -1.32. The van der Waals surface area contributed by atoms with Crippen molar-refractivity contribution in [3.05, 3.63) is 52.2 Å². The molecule has 1 unspecified atom stereocenters. The number of hydrogen-bond donors (Lipinski definition) is 1. The summed E-state index contributed by atoms with van der Waals surface area (Å²) < 4.78 is 5.74. The minimum absolute atomic E-state index is 0.375. The van der Waals surface area contributed by atoms with Crippen LogP contribution in [-0.2, 0) is 0 Å². The lowest BCUT2D eigenvalue weighted by Crippen LogP contribution is -2.19. The maximum absolute atomic E-state index is 5.74. The van der Waals surface area contributed by atoms with Gasteiger partial charge in [0.25, 0.3) is 0 Å². The van der Waals surface area contributed by atoms with Crippen LogP contribution in [-0.4, -0.2) is 13.7 Å². The molecule has 0 amide bonds. The SMILES string of the molecule is CNC(CCOc1ccccc1)c1ccsc1C. The highest BCUT2D eigenvalue weighted by Crippen LogP contribution is 2.24. The highest BCUT2D eigenvalue weighted by molar-refractivity contribution is 7.10. The molecular weight excluding hydrogens is 242 g/mol. The predicted octanol–water partition coefficient (Wildman–Crippen LogP) is 3.79. The molecule has 2 aromatic rings. The van der Waals surface area contributed by atoms with E-state index in [1.165, 1.54) is 10.4 Å². The van der Waals surface area contributed by atoms with Gasteiger partial charge in [-0.25, -0.2) is 0 Å². The Bertz CT molecular complexity index is 466. The summed E-state index contributed by atoms with van der Waals surface area (Å²) in [4.78, 5) is 1.38. The molecule has 0 aliphatic carbocycles. The number of ether oxygens (including phenoxy) is 1. The van der Waals surface area contributed by atoms with Crippen molar-refractivity contribution in [3.63, 3.8) is 0 Å². The molecule has 0 aliphatic heterocycles. The van der Waals surface area contributed by atoms with Crippen molar-refractivity contribution in [1.82, 2.24) is 5.32 Å².